The molecule has 3 unspecified atom stereocenters. The molecule has 3 atom stereocenters. The van der Waals surface area contributed by atoms with Crippen molar-refractivity contribution < 1.29 is 0 Å². The summed E-state index contributed by atoms with van der Waals surface area (Å²) in [5, 5.41) is 3.48. The van der Waals surface area contributed by atoms with Crippen molar-refractivity contribution in [3.63, 3.8) is 0 Å². The van der Waals surface area contributed by atoms with E-state index in [1.807, 2.05) is 0 Å². The first-order valence-corrected chi connectivity index (χ1v) is 6.57. The first-order valence-electron chi connectivity index (χ1n) is 6.57. The Bertz CT molecular complexity index is 284. The largest absolute Gasteiger partial charge is 0.316 e. The van der Waals surface area contributed by atoms with Gasteiger partial charge in [0.2, 0.25) is 0 Å². The van der Waals surface area contributed by atoms with Gasteiger partial charge in [-0.3, -0.25) is 0 Å². The molecule has 0 aromatic rings. The van der Waals surface area contributed by atoms with Gasteiger partial charge in [0.05, 0.1) is 0 Å². The topological polar surface area (TPSA) is 12.0 Å². The second-order valence-corrected chi connectivity index (χ2v) is 6.38. The fourth-order valence-electron chi connectivity index (χ4n) is 3.93. The minimum atomic E-state index is 0.621. The van der Waals surface area contributed by atoms with Crippen LogP contribution in [0.4, 0.5) is 0 Å². The van der Waals surface area contributed by atoms with Crippen LogP contribution in [0.5, 0.6) is 0 Å². The normalized spacial score (nSPS) is 42.3. The molecule has 1 heteroatoms. The lowest BCUT2D eigenvalue weighted by atomic mass is 9.48. The zero-order valence-electron chi connectivity index (χ0n) is 10.1. The average Bonchev–Trinajstić information content (AvgIpc) is 2.70. The molecule has 0 aromatic carbocycles. The van der Waals surface area contributed by atoms with Crippen molar-refractivity contribution in [1.29, 1.82) is 0 Å². The molecule has 15 heavy (non-hydrogen) atoms. The molecule has 2 fully saturated rings. The zero-order chi connectivity index (χ0) is 10.5. The lowest BCUT2D eigenvalue weighted by Crippen LogP contribution is -2.48. The van der Waals surface area contributed by atoms with E-state index in [0.29, 0.717) is 5.41 Å². The summed E-state index contributed by atoms with van der Waals surface area (Å²) in [6.07, 6.45) is 8.20. The maximum Gasteiger partial charge on any atom is -0.00170 e. The highest BCUT2D eigenvalue weighted by atomic mass is 14.9. The highest BCUT2D eigenvalue weighted by molar-refractivity contribution is 5.23. The van der Waals surface area contributed by atoms with Gasteiger partial charge in [-0.1, -0.05) is 25.5 Å². The van der Waals surface area contributed by atoms with Crippen molar-refractivity contribution in [3.05, 3.63) is 11.6 Å². The van der Waals surface area contributed by atoms with Gasteiger partial charge >= 0.3 is 0 Å². The third kappa shape index (κ3) is 1.47. The van der Waals surface area contributed by atoms with Crippen LogP contribution in [0.1, 0.15) is 39.5 Å². The summed E-state index contributed by atoms with van der Waals surface area (Å²) in [6.45, 7) is 7.46. The molecule has 1 saturated heterocycles. The lowest BCUT2D eigenvalue weighted by Gasteiger charge is -2.57. The van der Waals surface area contributed by atoms with Crippen LogP contribution in [0.2, 0.25) is 0 Å². The van der Waals surface area contributed by atoms with Crippen molar-refractivity contribution in [2.24, 2.45) is 23.2 Å². The summed E-state index contributed by atoms with van der Waals surface area (Å²) in [4.78, 5) is 0. The summed E-state index contributed by atoms with van der Waals surface area (Å²) < 4.78 is 0. The molecule has 4 rings (SSSR count). The van der Waals surface area contributed by atoms with Crippen LogP contribution in [0.3, 0.4) is 0 Å². The van der Waals surface area contributed by atoms with Crippen molar-refractivity contribution in [1.82, 2.24) is 5.32 Å². The molecule has 2 bridgehead atoms. The molecular weight excluding hydrogens is 182 g/mol. The van der Waals surface area contributed by atoms with E-state index in [-0.39, 0.29) is 0 Å². The summed E-state index contributed by atoms with van der Waals surface area (Å²) in [7, 11) is 0. The Hall–Kier alpha value is -0.300. The number of allylic oxidation sites excluding steroid dienone is 2. The van der Waals surface area contributed by atoms with E-state index in [1.54, 1.807) is 5.57 Å². The van der Waals surface area contributed by atoms with Crippen LogP contribution < -0.4 is 5.32 Å². The summed E-state index contributed by atoms with van der Waals surface area (Å²) in [6, 6.07) is 0. The van der Waals surface area contributed by atoms with Gasteiger partial charge < -0.3 is 5.32 Å². The van der Waals surface area contributed by atoms with Crippen LogP contribution in [-0.2, 0) is 0 Å². The molecule has 0 radical (unpaired) electrons. The molecule has 4 aliphatic rings. The van der Waals surface area contributed by atoms with Gasteiger partial charge in [0.25, 0.3) is 0 Å². The van der Waals surface area contributed by atoms with Crippen LogP contribution in [0.25, 0.3) is 0 Å². The van der Waals surface area contributed by atoms with Gasteiger partial charge in [-0.2, -0.15) is 0 Å². The molecule has 0 amide bonds. The zero-order valence-corrected chi connectivity index (χ0v) is 10.1. The molecule has 84 valence electrons. The summed E-state index contributed by atoms with van der Waals surface area (Å²) in [5.74, 6) is 2.86. The van der Waals surface area contributed by atoms with E-state index in [1.165, 1.54) is 38.8 Å². The number of rotatable bonds is 2. The van der Waals surface area contributed by atoms with Gasteiger partial charge in [0.1, 0.15) is 0 Å². The Morgan fingerprint density at radius 2 is 2.33 bits per heavy atom. The molecule has 1 aliphatic heterocycles. The first kappa shape index (κ1) is 9.89. The lowest BCUT2D eigenvalue weighted by molar-refractivity contribution is -0.00936. The molecule has 3 aliphatic carbocycles. The van der Waals surface area contributed by atoms with E-state index in [9.17, 15) is 0 Å². The highest BCUT2D eigenvalue weighted by Gasteiger charge is 2.51. The van der Waals surface area contributed by atoms with E-state index >= 15 is 0 Å². The van der Waals surface area contributed by atoms with E-state index < -0.39 is 0 Å². The maximum atomic E-state index is 3.48. The van der Waals surface area contributed by atoms with Crippen molar-refractivity contribution in [3.8, 4) is 0 Å². The van der Waals surface area contributed by atoms with Crippen LogP contribution >= 0.6 is 0 Å². The van der Waals surface area contributed by atoms with Crippen molar-refractivity contribution in [2.75, 3.05) is 13.1 Å². The second kappa shape index (κ2) is 3.35. The summed E-state index contributed by atoms with van der Waals surface area (Å²) in [5.41, 5.74) is 2.42. The van der Waals surface area contributed by atoms with E-state index in [4.69, 9.17) is 0 Å². The number of fused-ring (bicyclic) bond motifs is 1. The Morgan fingerprint density at radius 1 is 1.47 bits per heavy atom. The van der Waals surface area contributed by atoms with Crippen LogP contribution in [0.15, 0.2) is 11.6 Å². The molecule has 1 saturated carbocycles. The Morgan fingerprint density at radius 3 is 2.93 bits per heavy atom. The van der Waals surface area contributed by atoms with Gasteiger partial charge in [-0.05, 0) is 61.9 Å². The first-order chi connectivity index (χ1) is 7.18. The predicted molar refractivity (Wildman–Crippen MR) is 63.7 cm³/mol. The molecule has 1 nitrogen and oxygen atoms in total. The Kier molecular flexibility index (Phi) is 2.21. The highest BCUT2D eigenvalue weighted by Crippen LogP contribution is 2.60. The van der Waals surface area contributed by atoms with Crippen molar-refractivity contribution in [2.45, 2.75) is 39.5 Å². The van der Waals surface area contributed by atoms with Crippen molar-refractivity contribution >= 4 is 0 Å². The monoisotopic (exact) mass is 205 g/mol. The molecular formula is C14H23N. The summed E-state index contributed by atoms with van der Waals surface area (Å²) >= 11 is 0. The minimum Gasteiger partial charge on any atom is -0.316 e. The second-order valence-electron chi connectivity index (χ2n) is 6.38. The quantitative estimate of drug-likeness (QED) is 0.683. The van der Waals surface area contributed by atoms with Gasteiger partial charge in [0.15, 0.2) is 0 Å². The SMILES string of the molecule is CC1(C)C2CC=C(CC3CCNC3)C1C2. The third-order valence-corrected chi connectivity index (χ3v) is 5.27. The number of hydrogen-bond donors (Lipinski definition) is 1. The van der Waals surface area contributed by atoms with Gasteiger partial charge in [-0.25, -0.2) is 0 Å². The Balaban J connectivity index is 1.69. The van der Waals surface area contributed by atoms with E-state index in [0.717, 1.165) is 17.8 Å². The smallest absolute Gasteiger partial charge is 0.00170 e. The van der Waals surface area contributed by atoms with Gasteiger partial charge in [-0.15, -0.1) is 0 Å². The third-order valence-electron chi connectivity index (χ3n) is 5.27. The van der Waals surface area contributed by atoms with Crippen LogP contribution in [-0.4, -0.2) is 13.1 Å². The average molecular weight is 205 g/mol. The maximum absolute atomic E-state index is 3.48. The van der Waals surface area contributed by atoms with Gasteiger partial charge in [0, 0.05) is 0 Å². The molecule has 1 heterocycles. The number of hydrogen-bond acceptors (Lipinski definition) is 1. The fourth-order valence-corrected chi connectivity index (χ4v) is 3.93. The number of nitrogens with one attached hydrogen (secondary N) is 1. The predicted octanol–water partition coefficient (Wildman–Crippen LogP) is 2.98. The minimum absolute atomic E-state index is 0.621. The van der Waals surface area contributed by atoms with E-state index in [2.05, 4.69) is 25.2 Å². The Labute approximate surface area is 93.3 Å². The molecule has 0 spiro atoms. The van der Waals surface area contributed by atoms with Crippen LogP contribution in [0, 0.1) is 23.2 Å². The molecule has 1 N–H and O–H groups in total. The standard InChI is InChI=1S/C14H23N/c1-14(2)12-4-3-11(13(14)8-12)7-10-5-6-15-9-10/h3,10,12-13,15H,4-9H2,1-2H3. The molecule has 0 aromatic heterocycles. The fraction of sp³-hybridized carbons (Fsp3) is 0.857.